The maximum atomic E-state index is 11.5. The summed E-state index contributed by atoms with van der Waals surface area (Å²) >= 11 is 5.65. The molecule has 1 aliphatic rings. The van der Waals surface area contributed by atoms with Crippen LogP contribution < -0.4 is 11.2 Å². The van der Waals surface area contributed by atoms with Crippen molar-refractivity contribution in [2.75, 3.05) is 6.61 Å². The fourth-order valence-corrected chi connectivity index (χ4v) is 1.63. The number of aromatic amines is 1. The van der Waals surface area contributed by atoms with E-state index in [1.807, 2.05) is 6.92 Å². The summed E-state index contributed by atoms with van der Waals surface area (Å²) in [7, 11) is 0. The highest BCUT2D eigenvalue weighted by Crippen LogP contribution is 2.20. The molecule has 92 valence electrons. The van der Waals surface area contributed by atoms with Crippen LogP contribution in [0.15, 0.2) is 27.9 Å². The van der Waals surface area contributed by atoms with Gasteiger partial charge in [-0.15, -0.1) is 0 Å². The summed E-state index contributed by atoms with van der Waals surface area (Å²) in [5.41, 5.74) is -1.19. The van der Waals surface area contributed by atoms with Gasteiger partial charge in [0, 0.05) is 12.8 Å². The molecule has 2 heterocycles. The number of rotatable bonds is 3. The normalized spacial score (nSPS) is 23.2. The maximum Gasteiger partial charge on any atom is 0.330 e. The van der Waals surface area contributed by atoms with E-state index in [1.165, 1.54) is 10.8 Å². The lowest BCUT2D eigenvalue weighted by atomic mass is 10.5. The lowest BCUT2D eigenvalue weighted by molar-refractivity contribution is -0.133. The number of H-pyrrole nitrogens is 1. The van der Waals surface area contributed by atoms with E-state index >= 15 is 0 Å². The SMILES string of the molecule is CCOC1C=CC(n2cc(Cl)c(=O)[nH]c2=O)O1. The van der Waals surface area contributed by atoms with E-state index in [4.69, 9.17) is 21.1 Å². The van der Waals surface area contributed by atoms with E-state index < -0.39 is 23.8 Å². The van der Waals surface area contributed by atoms with Crippen molar-refractivity contribution in [2.45, 2.75) is 19.4 Å². The van der Waals surface area contributed by atoms with Gasteiger partial charge in [-0.1, -0.05) is 11.6 Å². The summed E-state index contributed by atoms with van der Waals surface area (Å²) in [6, 6.07) is 0. The molecule has 0 aromatic carbocycles. The Morgan fingerprint density at radius 2 is 2.29 bits per heavy atom. The van der Waals surface area contributed by atoms with Gasteiger partial charge in [0.05, 0.1) is 0 Å². The van der Waals surface area contributed by atoms with Gasteiger partial charge in [0.2, 0.25) is 0 Å². The molecule has 2 rings (SSSR count). The third kappa shape index (κ3) is 2.49. The van der Waals surface area contributed by atoms with Crippen molar-refractivity contribution in [3.05, 3.63) is 44.2 Å². The van der Waals surface area contributed by atoms with Crippen molar-refractivity contribution < 1.29 is 9.47 Å². The van der Waals surface area contributed by atoms with Crippen LogP contribution in [0.5, 0.6) is 0 Å². The fourth-order valence-electron chi connectivity index (χ4n) is 1.48. The van der Waals surface area contributed by atoms with Crippen molar-refractivity contribution in [3.8, 4) is 0 Å². The van der Waals surface area contributed by atoms with E-state index in [9.17, 15) is 9.59 Å². The topological polar surface area (TPSA) is 73.3 Å². The molecule has 1 N–H and O–H groups in total. The first kappa shape index (κ1) is 12.1. The first-order valence-corrected chi connectivity index (χ1v) is 5.46. The summed E-state index contributed by atoms with van der Waals surface area (Å²) < 4.78 is 11.8. The zero-order chi connectivity index (χ0) is 12.4. The van der Waals surface area contributed by atoms with Crippen molar-refractivity contribution >= 4 is 11.6 Å². The molecule has 2 unspecified atom stereocenters. The first-order chi connectivity index (χ1) is 8.11. The summed E-state index contributed by atoms with van der Waals surface area (Å²) in [5, 5.41) is -0.0681. The Labute approximate surface area is 101 Å². The number of ether oxygens (including phenoxy) is 2. The number of nitrogens with one attached hydrogen (secondary N) is 1. The number of halogens is 1. The minimum Gasteiger partial charge on any atom is -0.349 e. The molecular weight excluding hydrogens is 248 g/mol. The van der Waals surface area contributed by atoms with Crippen LogP contribution in [-0.4, -0.2) is 22.4 Å². The van der Waals surface area contributed by atoms with Crippen LogP contribution in [0.2, 0.25) is 5.02 Å². The van der Waals surface area contributed by atoms with Crippen LogP contribution >= 0.6 is 11.6 Å². The van der Waals surface area contributed by atoms with Crippen LogP contribution in [0.1, 0.15) is 13.2 Å². The number of aromatic nitrogens is 2. The van der Waals surface area contributed by atoms with Crippen molar-refractivity contribution in [3.63, 3.8) is 0 Å². The van der Waals surface area contributed by atoms with Crippen molar-refractivity contribution in [1.82, 2.24) is 9.55 Å². The second-order valence-electron chi connectivity index (χ2n) is 3.38. The van der Waals surface area contributed by atoms with E-state index in [1.54, 1.807) is 12.2 Å². The molecule has 0 spiro atoms. The van der Waals surface area contributed by atoms with Crippen LogP contribution in [0.25, 0.3) is 0 Å². The Morgan fingerprint density at radius 3 is 3.00 bits per heavy atom. The van der Waals surface area contributed by atoms with Gasteiger partial charge in [-0.3, -0.25) is 14.3 Å². The molecule has 2 atom stereocenters. The summed E-state index contributed by atoms with van der Waals surface area (Å²) in [4.78, 5) is 24.7. The highest BCUT2D eigenvalue weighted by atomic mass is 35.5. The molecule has 1 aromatic rings. The molecule has 0 saturated carbocycles. The van der Waals surface area contributed by atoms with Crippen molar-refractivity contribution in [1.29, 1.82) is 0 Å². The van der Waals surface area contributed by atoms with Gasteiger partial charge in [0.1, 0.15) is 5.02 Å². The minimum absolute atomic E-state index is 0.0681. The summed E-state index contributed by atoms with van der Waals surface area (Å²) in [5.74, 6) is 0. The monoisotopic (exact) mass is 258 g/mol. The van der Waals surface area contributed by atoms with Gasteiger partial charge in [-0.2, -0.15) is 0 Å². The number of hydrogen-bond acceptors (Lipinski definition) is 4. The lowest BCUT2D eigenvalue weighted by Crippen LogP contribution is -2.32. The van der Waals surface area contributed by atoms with Crippen molar-refractivity contribution in [2.24, 2.45) is 0 Å². The van der Waals surface area contributed by atoms with Gasteiger partial charge in [0.15, 0.2) is 12.5 Å². The zero-order valence-electron chi connectivity index (χ0n) is 9.05. The van der Waals surface area contributed by atoms with Crippen LogP contribution in [-0.2, 0) is 9.47 Å². The van der Waals surface area contributed by atoms with Gasteiger partial charge < -0.3 is 9.47 Å². The van der Waals surface area contributed by atoms with Gasteiger partial charge in [0.25, 0.3) is 5.56 Å². The Kier molecular flexibility index (Phi) is 3.46. The maximum absolute atomic E-state index is 11.5. The van der Waals surface area contributed by atoms with Gasteiger partial charge >= 0.3 is 5.69 Å². The Morgan fingerprint density at radius 1 is 1.53 bits per heavy atom. The Hall–Kier alpha value is -1.37. The van der Waals surface area contributed by atoms with Crippen LogP contribution in [0.3, 0.4) is 0 Å². The van der Waals surface area contributed by atoms with Gasteiger partial charge in [-0.25, -0.2) is 4.79 Å². The highest BCUT2D eigenvalue weighted by Gasteiger charge is 2.22. The second-order valence-corrected chi connectivity index (χ2v) is 3.79. The standard InChI is InChI=1S/C10H11ClN2O4/c1-2-16-8-4-3-7(17-8)13-5-6(11)9(14)12-10(13)15/h3-5,7-8H,2H2,1H3,(H,12,14,15). The Bertz CT molecular complexity index is 548. The molecule has 0 fully saturated rings. The van der Waals surface area contributed by atoms with E-state index in [0.29, 0.717) is 6.61 Å². The molecule has 0 bridgehead atoms. The van der Waals surface area contributed by atoms with Gasteiger partial charge in [-0.05, 0) is 19.1 Å². The summed E-state index contributed by atoms with van der Waals surface area (Å²) in [6.45, 7) is 2.34. The molecule has 0 saturated heterocycles. The number of hydrogen-bond donors (Lipinski definition) is 1. The molecule has 0 radical (unpaired) electrons. The quantitative estimate of drug-likeness (QED) is 0.808. The second kappa shape index (κ2) is 4.87. The summed E-state index contributed by atoms with van der Waals surface area (Å²) in [6.07, 6.45) is 3.50. The van der Waals surface area contributed by atoms with Crippen LogP contribution in [0.4, 0.5) is 0 Å². The first-order valence-electron chi connectivity index (χ1n) is 5.08. The fraction of sp³-hybridized carbons (Fsp3) is 0.400. The largest absolute Gasteiger partial charge is 0.349 e. The highest BCUT2D eigenvalue weighted by molar-refractivity contribution is 6.30. The Balaban J connectivity index is 2.26. The van der Waals surface area contributed by atoms with E-state index in [2.05, 4.69) is 4.98 Å². The molecule has 0 aliphatic carbocycles. The average Bonchev–Trinajstić information content (AvgIpc) is 2.72. The molecule has 7 heteroatoms. The minimum atomic E-state index is -0.617. The lowest BCUT2D eigenvalue weighted by Gasteiger charge is -2.15. The average molecular weight is 259 g/mol. The van der Waals surface area contributed by atoms with Crippen LogP contribution in [0, 0.1) is 0 Å². The van der Waals surface area contributed by atoms with E-state index in [0.717, 1.165) is 0 Å². The third-order valence-corrected chi connectivity index (χ3v) is 2.51. The predicted molar refractivity (Wildman–Crippen MR) is 61.0 cm³/mol. The molecular formula is C10H11ClN2O4. The third-order valence-electron chi connectivity index (χ3n) is 2.24. The zero-order valence-corrected chi connectivity index (χ0v) is 9.81. The molecule has 1 aliphatic heterocycles. The molecule has 1 aromatic heterocycles. The molecule has 17 heavy (non-hydrogen) atoms. The number of nitrogens with zero attached hydrogens (tertiary/aromatic N) is 1. The predicted octanol–water partition coefficient (Wildman–Crippen LogP) is 0.638. The smallest absolute Gasteiger partial charge is 0.330 e. The molecule has 0 amide bonds. The van der Waals surface area contributed by atoms with E-state index in [-0.39, 0.29) is 5.02 Å². The molecule has 6 nitrogen and oxygen atoms in total.